The van der Waals surface area contributed by atoms with Gasteiger partial charge in [0.2, 0.25) is 0 Å². The van der Waals surface area contributed by atoms with E-state index in [0.717, 1.165) is 22.0 Å². The Morgan fingerprint density at radius 1 is 0.846 bits per heavy atom. The minimum atomic E-state index is -0.282. The lowest BCUT2D eigenvalue weighted by molar-refractivity contribution is 0.628. The first-order valence-electron chi connectivity index (χ1n) is 8.47. The van der Waals surface area contributed by atoms with Crippen LogP contribution >= 0.6 is 0 Å². The molecule has 4 heteroatoms. The Kier molecular flexibility index (Phi) is 4.09. The van der Waals surface area contributed by atoms with Gasteiger partial charge in [-0.05, 0) is 43.7 Å². The van der Waals surface area contributed by atoms with Crippen LogP contribution in [0.25, 0.3) is 22.3 Å². The number of hydrogen-bond donors (Lipinski definition) is 1. The van der Waals surface area contributed by atoms with Crippen LogP contribution in [0.1, 0.15) is 11.1 Å². The van der Waals surface area contributed by atoms with Crippen molar-refractivity contribution in [3.05, 3.63) is 83.7 Å². The Labute approximate surface area is 151 Å². The summed E-state index contributed by atoms with van der Waals surface area (Å²) in [5.74, 6) is 1.02. The van der Waals surface area contributed by atoms with Gasteiger partial charge in [0.15, 0.2) is 5.82 Å². The first kappa shape index (κ1) is 16.2. The number of rotatable bonds is 3. The quantitative estimate of drug-likeness (QED) is 0.511. The summed E-state index contributed by atoms with van der Waals surface area (Å²) in [7, 11) is 0. The standard InChI is InChI=1S/C22H18FN3/c1-14-7-10-16(11-8-14)21-24-19-6-4-3-5-18(19)22(26-21)25-20-13-17(23)12-9-15(20)2/h3-13H,1-2H3,(H,24,25,26). The van der Waals surface area contributed by atoms with E-state index in [1.54, 1.807) is 6.07 Å². The van der Waals surface area contributed by atoms with Gasteiger partial charge in [0.25, 0.3) is 0 Å². The van der Waals surface area contributed by atoms with Crippen molar-refractivity contribution in [3.63, 3.8) is 0 Å². The van der Waals surface area contributed by atoms with Crippen molar-refractivity contribution in [3.8, 4) is 11.4 Å². The molecule has 0 aliphatic carbocycles. The van der Waals surface area contributed by atoms with Crippen molar-refractivity contribution in [2.45, 2.75) is 13.8 Å². The maximum atomic E-state index is 13.7. The van der Waals surface area contributed by atoms with Crippen molar-refractivity contribution < 1.29 is 4.39 Å². The van der Waals surface area contributed by atoms with Gasteiger partial charge < -0.3 is 5.32 Å². The Bertz CT molecular complexity index is 1090. The maximum Gasteiger partial charge on any atom is 0.162 e. The van der Waals surface area contributed by atoms with E-state index in [0.29, 0.717) is 17.3 Å². The van der Waals surface area contributed by atoms with E-state index < -0.39 is 0 Å². The van der Waals surface area contributed by atoms with Crippen molar-refractivity contribution in [1.82, 2.24) is 9.97 Å². The van der Waals surface area contributed by atoms with Crippen LogP contribution in [0.2, 0.25) is 0 Å². The first-order chi connectivity index (χ1) is 12.6. The predicted octanol–water partition coefficient (Wildman–Crippen LogP) is 5.80. The number of aryl methyl sites for hydroxylation is 2. The van der Waals surface area contributed by atoms with Gasteiger partial charge in [-0.3, -0.25) is 0 Å². The summed E-state index contributed by atoms with van der Waals surface area (Å²) < 4.78 is 13.7. The highest BCUT2D eigenvalue weighted by atomic mass is 19.1. The first-order valence-corrected chi connectivity index (χ1v) is 8.47. The van der Waals surface area contributed by atoms with Crippen LogP contribution in [0.4, 0.5) is 15.9 Å². The van der Waals surface area contributed by atoms with Crippen molar-refractivity contribution in [1.29, 1.82) is 0 Å². The van der Waals surface area contributed by atoms with Crippen molar-refractivity contribution in [2.75, 3.05) is 5.32 Å². The predicted molar refractivity (Wildman–Crippen MR) is 104 cm³/mol. The van der Waals surface area contributed by atoms with Crippen LogP contribution in [0.3, 0.4) is 0 Å². The number of halogens is 1. The van der Waals surface area contributed by atoms with Gasteiger partial charge in [0.1, 0.15) is 11.6 Å². The molecule has 0 bridgehead atoms. The normalized spacial score (nSPS) is 10.9. The van der Waals surface area contributed by atoms with Crippen molar-refractivity contribution >= 4 is 22.4 Å². The second kappa shape index (κ2) is 6.56. The highest BCUT2D eigenvalue weighted by molar-refractivity contribution is 5.92. The summed E-state index contributed by atoms with van der Waals surface area (Å²) in [5.41, 5.74) is 4.62. The highest BCUT2D eigenvalue weighted by Gasteiger charge is 2.11. The molecule has 0 atom stereocenters. The highest BCUT2D eigenvalue weighted by Crippen LogP contribution is 2.28. The zero-order valence-electron chi connectivity index (χ0n) is 14.6. The Morgan fingerprint density at radius 3 is 2.42 bits per heavy atom. The summed E-state index contributed by atoms with van der Waals surface area (Å²) in [6.45, 7) is 3.98. The van der Waals surface area contributed by atoms with Crippen LogP contribution in [-0.2, 0) is 0 Å². The van der Waals surface area contributed by atoms with Crippen LogP contribution in [0.5, 0.6) is 0 Å². The SMILES string of the molecule is Cc1ccc(-c2nc(Nc3cc(F)ccc3C)c3ccccc3n2)cc1. The van der Waals surface area contributed by atoms with E-state index in [2.05, 4.69) is 5.32 Å². The van der Waals surface area contributed by atoms with Crippen LogP contribution in [0, 0.1) is 19.7 Å². The molecule has 4 aromatic rings. The lowest BCUT2D eigenvalue weighted by Crippen LogP contribution is -2.01. The van der Waals surface area contributed by atoms with E-state index in [9.17, 15) is 4.39 Å². The van der Waals surface area contributed by atoms with Crippen LogP contribution < -0.4 is 5.32 Å². The monoisotopic (exact) mass is 343 g/mol. The second-order valence-corrected chi connectivity index (χ2v) is 6.36. The molecule has 1 aromatic heterocycles. The topological polar surface area (TPSA) is 37.8 Å². The van der Waals surface area contributed by atoms with Gasteiger partial charge in [-0.2, -0.15) is 0 Å². The number of fused-ring (bicyclic) bond motifs is 1. The molecule has 3 nitrogen and oxygen atoms in total. The fourth-order valence-corrected chi connectivity index (χ4v) is 2.86. The number of benzene rings is 3. The van der Waals surface area contributed by atoms with E-state index in [1.807, 2.05) is 62.4 Å². The molecule has 0 amide bonds. The third kappa shape index (κ3) is 3.14. The lowest BCUT2D eigenvalue weighted by Gasteiger charge is -2.13. The third-order valence-electron chi connectivity index (χ3n) is 4.37. The largest absolute Gasteiger partial charge is 0.339 e. The van der Waals surface area contributed by atoms with Gasteiger partial charge in [0.05, 0.1) is 5.52 Å². The smallest absolute Gasteiger partial charge is 0.162 e. The van der Waals surface area contributed by atoms with E-state index in [1.165, 1.54) is 17.7 Å². The molecular formula is C22H18FN3. The molecule has 0 fully saturated rings. The molecule has 128 valence electrons. The zero-order valence-corrected chi connectivity index (χ0v) is 14.6. The lowest BCUT2D eigenvalue weighted by atomic mass is 10.1. The Hall–Kier alpha value is -3.27. The average molecular weight is 343 g/mol. The summed E-state index contributed by atoms with van der Waals surface area (Å²) in [4.78, 5) is 9.41. The summed E-state index contributed by atoms with van der Waals surface area (Å²) in [5, 5.41) is 4.18. The number of hydrogen-bond acceptors (Lipinski definition) is 3. The van der Waals surface area contributed by atoms with E-state index >= 15 is 0 Å². The van der Waals surface area contributed by atoms with Gasteiger partial charge >= 0.3 is 0 Å². The number of anilines is 2. The maximum absolute atomic E-state index is 13.7. The number of para-hydroxylation sites is 1. The van der Waals surface area contributed by atoms with Gasteiger partial charge in [-0.15, -0.1) is 0 Å². The minimum absolute atomic E-state index is 0.282. The molecule has 1 heterocycles. The molecule has 0 saturated carbocycles. The third-order valence-corrected chi connectivity index (χ3v) is 4.37. The molecule has 0 unspecified atom stereocenters. The number of nitrogens with zero attached hydrogens (tertiary/aromatic N) is 2. The van der Waals surface area contributed by atoms with E-state index in [4.69, 9.17) is 9.97 Å². The summed E-state index contributed by atoms with van der Waals surface area (Å²) in [6.07, 6.45) is 0. The molecule has 26 heavy (non-hydrogen) atoms. The fraction of sp³-hybridized carbons (Fsp3) is 0.0909. The Morgan fingerprint density at radius 2 is 1.62 bits per heavy atom. The molecule has 4 rings (SSSR count). The van der Waals surface area contributed by atoms with Crippen LogP contribution in [0.15, 0.2) is 66.7 Å². The minimum Gasteiger partial charge on any atom is -0.339 e. The van der Waals surface area contributed by atoms with E-state index in [-0.39, 0.29) is 5.82 Å². The van der Waals surface area contributed by atoms with Gasteiger partial charge in [0, 0.05) is 16.6 Å². The fourth-order valence-electron chi connectivity index (χ4n) is 2.86. The molecule has 0 spiro atoms. The second-order valence-electron chi connectivity index (χ2n) is 6.36. The Balaban J connectivity index is 1.87. The zero-order chi connectivity index (χ0) is 18.1. The molecule has 1 N–H and O–H groups in total. The molecule has 0 aliphatic heterocycles. The average Bonchev–Trinajstić information content (AvgIpc) is 2.65. The van der Waals surface area contributed by atoms with Crippen molar-refractivity contribution in [2.24, 2.45) is 0 Å². The molecule has 0 radical (unpaired) electrons. The van der Waals surface area contributed by atoms with Crippen LogP contribution in [-0.4, -0.2) is 9.97 Å². The number of nitrogens with one attached hydrogen (secondary N) is 1. The molecular weight excluding hydrogens is 325 g/mol. The molecule has 0 aliphatic rings. The summed E-state index contributed by atoms with van der Waals surface area (Å²) >= 11 is 0. The van der Waals surface area contributed by atoms with Gasteiger partial charge in [-0.25, -0.2) is 14.4 Å². The summed E-state index contributed by atoms with van der Waals surface area (Å²) in [6, 6.07) is 20.6. The molecule has 0 saturated heterocycles. The number of aromatic nitrogens is 2. The molecule has 3 aromatic carbocycles. The van der Waals surface area contributed by atoms with Gasteiger partial charge in [-0.1, -0.05) is 48.0 Å².